The molecular formula is C7H5ClNZn-. The van der Waals surface area contributed by atoms with Gasteiger partial charge in [-0.2, -0.15) is 35.6 Å². The second-order valence-corrected chi connectivity index (χ2v) is 1.40. The Labute approximate surface area is 79.2 Å². The first kappa shape index (κ1) is 12.3. The van der Waals surface area contributed by atoms with Crippen LogP contribution in [0.25, 0.3) is 0 Å². The summed E-state index contributed by atoms with van der Waals surface area (Å²) in [5.41, 5.74) is 0.684. The van der Waals surface area contributed by atoms with E-state index < -0.39 is 0 Å². The monoisotopic (exact) mass is 202 g/mol. The zero-order chi connectivity index (χ0) is 5.82. The van der Waals surface area contributed by atoms with Gasteiger partial charge in [-0.15, -0.1) is 12.4 Å². The number of halogens is 1. The molecule has 0 aliphatic heterocycles. The first-order valence-corrected chi connectivity index (χ1v) is 2.29. The van der Waals surface area contributed by atoms with Crippen LogP contribution in [0.5, 0.6) is 0 Å². The normalized spacial score (nSPS) is 6.30. The summed E-state index contributed by atoms with van der Waals surface area (Å²) < 4.78 is 0. The van der Waals surface area contributed by atoms with E-state index in [2.05, 4.69) is 6.07 Å². The number of nitriles is 1. The third-order valence-electron chi connectivity index (χ3n) is 0.847. The number of nitrogens with zero attached hydrogens (tertiary/aromatic N) is 1. The van der Waals surface area contributed by atoms with E-state index in [1.54, 1.807) is 24.3 Å². The van der Waals surface area contributed by atoms with Crippen LogP contribution in [0, 0.1) is 17.4 Å². The van der Waals surface area contributed by atoms with Gasteiger partial charge >= 0.3 is 0 Å². The maximum Gasteiger partial charge on any atom is 0.0725 e. The Bertz CT molecular complexity index is 205. The second kappa shape index (κ2) is 6.74. The van der Waals surface area contributed by atoms with E-state index in [0.717, 1.165) is 0 Å². The minimum atomic E-state index is 0. The topological polar surface area (TPSA) is 23.8 Å². The molecule has 0 saturated heterocycles. The molecule has 48 valence electrons. The van der Waals surface area contributed by atoms with E-state index in [1.807, 2.05) is 6.07 Å². The van der Waals surface area contributed by atoms with E-state index in [0.29, 0.717) is 5.56 Å². The molecule has 1 aromatic rings. The molecule has 0 atom stereocenters. The summed E-state index contributed by atoms with van der Waals surface area (Å²) in [7, 11) is 0. The average molecular weight is 204 g/mol. The third kappa shape index (κ3) is 3.61. The molecule has 0 aliphatic carbocycles. The summed E-state index contributed by atoms with van der Waals surface area (Å²) in [6.07, 6.45) is 0. The van der Waals surface area contributed by atoms with Crippen LogP contribution in [0.2, 0.25) is 0 Å². The van der Waals surface area contributed by atoms with Gasteiger partial charge in [0.05, 0.1) is 6.07 Å². The molecule has 0 fully saturated rings. The van der Waals surface area contributed by atoms with Crippen LogP contribution in [0.4, 0.5) is 0 Å². The van der Waals surface area contributed by atoms with Gasteiger partial charge < -0.3 is 0 Å². The minimum Gasteiger partial charge on any atom is -0.195 e. The Hall–Kier alpha value is -0.377. The molecule has 3 heteroatoms. The fourth-order valence-corrected chi connectivity index (χ4v) is 0.461. The molecule has 1 aromatic carbocycles. The number of benzene rings is 1. The summed E-state index contributed by atoms with van der Waals surface area (Å²) in [5, 5.41) is 8.27. The zero-order valence-corrected chi connectivity index (χ0v) is 9.16. The fraction of sp³-hybridized carbons (Fsp3) is 0. The van der Waals surface area contributed by atoms with Crippen molar-refractivity contribution in [1.82, 2.24) is 0 Å². The molecule has 0 radical (unpaired) electrons. The van der Waals surface area contributed by atoms with Crippen molar-refractivity contribution >= 4 is 12.4 Å². The van der Waals surface area contributed by atoms with Crippen LogP contribution >= 0.6 is 12.4 Å². The fourth-order valence-electron chi connectivity index (χ4n) is 0.461. The van der Waals surface area contributed by atoms with Crippen molar-refractivity contribution < 1.29 is 19.5 Å². The molecule has 0 N–H and O–H groups in total. The maximum absolute atomic E-state index is 8.27. The Morgan fingerprint density at radius 2 is 1.80 bits per heavy atom. The maximum atomic E-state index is 8.27. The summed E-state index contributed by atoms with van der Waals surface area (Å²) in [6, 6.07) is 11.7. The second-order valence-electron chi connectivity index (χ2n) is 1.40. The molecule has 0 amide bonds. The number of rotatable bonds is 0. The van der Waals surface area contributed by atoms with E-state index in [9.17, 15) is 0 Å². The van der Waals surface area contributed by atoms with E-state index in [1.165, 1.54) is 0 Å². The quantitative estimate of drug-likeness (QED) is 0.466. The molecule has 0 aromatic heterocycles. The Kier molecular flexibility index (Phi) is 8.30. The Morgan fingerprint density at radius 1 is 1.30 bits per heavy atom. The van der Waals surface area contributed by atoms with Crippen molar-refractivity contribution in [2.45, 2.75) is 0 Å². The largest absolute Gasteiger partial charge is 0.195 e. The smallest absolute Gasteiger partial charge is 0.0725 e. The molecule has 0 saturated carbocycles. The predicted octanol–water partition coefficient (Wildman–Crippen LogP) is 1.78. The van der Waals surface area contributed by atoms with E-state index >= 15 is 0 Å². The van der Waals surface area contributed by atoms with Crippen molar-refractivity contribution in [2.75, 3.05) is 0 Å². The standard InChI is InChI=1S/C7H4N.ClH.Zn/c8-6-7-4-2-1-3-5-7;;/h2-5H;1H;/q-1;;. The molecule has 0 spiro atoms. The Morgan fingerprint density at radius 3 is 2.10 bits per heavy atom. The summed E-state index contributed by atoms with van der Waals surface area (Å²) >= 11 is 0. The molecule has 1 nitrogen and oxygen atoms in total. The third-order valence-corrected chi connectivity index (χ3v) is 0.847. The molecular weight excluding hydrogens is 199 g/mol. The summed E-state index contributed by atoms with van der Waals surface area (Å²) in [4.78, 5) is 0. The molecule has 0 aliphatic rings. The van der Waals surface area contributed by atoms with Gasteiger partial charge in [0.15, 0.2) is 0 Å². The van der Waals surface area contributed by atoms with Crippen LogP contribution < -0.4 is 0 Å². The molecule has 0 bridgehead atoms. The SMILES string of the molecule is Cl.N#Cc1cc[c-]cc1.[Zn]. The van der Waals surface area contributed by atoms with Gasteiger partial charge in [-0.3, -0.25) is 0 Å². The minimum absolute atomic E-state index is 0. The number of hydrogen-bond acceptors (Lipinski definition) is 1. The van der Waals surface area contributed by atoms with Crippen LogP contribution in [0.3, 0.4) is 0 Å². The van der Waals surface area contributed by atoms with Gasteiger partial charge in [-0.25, -0.2) is 0 Å². The van der Waals surface area contributed by atoms with Crippen LogP contribution in [0.15, 0.2) is 24.3 Å². The van der Waals surface area contributed by atoms with Gasteiger partial charge in [-0.1, -0.05) is 5.56 Å². The average Bonchev–Trinajstić information content (AvgIpc) is 1.90. The zero-order valence-electron chi connectivity index (χ0n) is 5.37. The molecule has 1 rings (SSSR count). The summed E-state index contributed by atoms with van der Waals surface area (Å²) in [6.45, 7) is 0. The molecule has 0 heterocycles. The van der Waals surface area contributed by atoms with Gasteiger partial charge in [0.2, 0.25) is 0 Å². The van der Waals surface area contributed by atoms with Gasteiger partial charge in [0, 0.05) is 19.5 Å². The molecule has 10 heavy (non-hydrogen) atoms. The Balaban J connectivity index is 0. The summed E-state index contributed by atoms with van der Waals surface area (Å²) in [5.74, 6) is 0. The first-order chi connectivity index (χ1) is 3.93. The van der Waals surface area contributed by atoms with Crippen molar-refractivity contribution in [2.24, 2.45) is 0 Å². The van der Waals surface area contributed by atoms with Crippen molar-refractivity contribution in [1.29, 1.82) is 5.26 Å². The molecule has 0 unspecified atom stereocenters. The van der Waals surface area contributed by atoms with E-state index in [-0.39, 0.29) is 31.9 Å². The van der Waals surface area contributed by atoms with E-state index in [4.69, 9.17) is 5.26 Å². The predicted molar refractivity (Wildman–Crippen MR) is 37.2 cm³/mol. The van der Waals surface area contributed by atoms with Crippen molar-refractivity contribution in [3.05, 3.63) is 35.9 Å². The van der Waals surface area contributed by atoms with Crippen molar-refractivity contribution in [3.8, 4) is 6.07 Å². The van der Waals surface area contributed by atoms with Crippen LogP contribution in [0.1, 0.15) is 5.56 Å². The van der Waals surface area contributed by atoms with Gasteiger partial charge in [0.1, 0.15) is 0 Å². The van der Waals surface area contributed by atoms with Crippen molar-refractivity contribution in [3.63, 3.8) is 0 Å². The number of hydrogen-bond donors (Lipinski definition) is 0. The van der Waals surface area contributed by atoms with Crippen LogP contribution in [-0.2, 0) is 19.5 Å². The first-order valence-electron chi connectivity index (χ1n) is 2.29. The van der Waals surface area contributed by atoms with Crippen LogP contribution in [-0.4, -0.2) is 0 Å². The van der Waals surface area contributed by atoms with Gasteiger partial charge in [-0.05, 0) is 0 Å². The van der Waals surface area contributed by atoms with Gasteiger partial charge in [0.25, 0.3) is 0 Å².